The molecule has 7 aliphatic rings. The van der Waals surface area contributed by atoms with Crippen LogP contribution in [0.25, 0.3) is 20.8 Å². The lowest BCUT2D eigenvalue weighted by atomic mass is 10.0. The molecule has 1 aliphatic carbocycles. The van der Waals surface area contributed by atoms with Crippen LogP contribution in [0.4, 0.5) is 85.3 Å². The molecule has 11 aromatic carbocycles. The predicted molar refractivity (Wildman–Crippen MR) is 527 cm³/mol. The third-order valence-electron chi connectivity index (χ3n) is 21.2. The molecule has 2 amide bonds. The van der Waals surface area contributed by atoms with Crippen LogP contribution in [0.3, 0.4) is 0 Å². The fourth-order valence-corrected chi connectivity index (χ4v) is 20.9. The maximum atomic E-state index is 12.3. The van der Waals surface area contributed by atoms with Crippen molar-refractivity contribution in [2.24, 2.45) is 0 Å². The summed E-state index contributed by atoms with van der Waals surface area (Å²) in [6, 6.07) is 70.2. The molecular weight excluding hydrogens is 1740 g/mol. The fourth-order valence-electron chi connectivity index (χ4n) is 14.2. The first-order chi connectivity index (χ1) is 59.9. The molecule has 0 fully saturated rings. The number of nitro groups is 4. The minimum atomic E-state index is -0.526. The van der Waals surface area contributed by atoms with E-state index in [0.717, 1.165) is 89.3 Å². The first-order valence-corrected chi connectivity index (χ1v) is 44.8. The second-order valence-electron chi connectivity index (χ2n) is 31.8. The molecule has 0 saturated heterocycles. The van der Waals surface area contributed by atoms with Crippen LogP contribution >= 0.6 is 82.6 Å². The molecule has 127 heavy (non-hydrogen) atoms. The van der Waals surface area contributed by atoms with E-state index in [1.165, 1.54) is 169 Å². The van der Waals surface area contributed by atoms with Crippen molar-refractivity contribution < 1.29 is 29.3 Å². The first kappa shape index (κ1) is 93.8. The second kappa shape index (κ2) is 40.1. The van der Waals surface area contributed by atoms with Gasteiger partial charge in [0.05, 0.1) is 63.2 Å². The number of hydrogen-bond donors (Lipinski definition) is 0. The van der Waals surface area contributed by atoms with Crippen molar-refractivity contribution in [3.63, 3.8) is 0 Å². The van der Waals surface area contributed by atoms with Crippen LogP contribution < -0.4 is 54.0 Å². The van der Waals surface area contributed by atoms with E-state index in [4.69, 9.17) is 4.98 Å². The monoisotopic (exact) mass is 1830 g/mol. The van der Waals surface area contributed by atoms with Crippen LogP contribution in [0.1, 0.15) is 47.2 Å². The van der Waals surface area contributed by atoms with Crippen molar-refractivity contribution in [2.75, 3.05) is 157 Å². The van der Waals surface area contributed by atoms with Gasteiger partial charge in [-0.3, -0.25) is 59.8 Å². The molecule has 0 aromatic heterocycles. The molecular formula is C95H97ClN15O10S6+. The van der Waals surface area contributed by atoms with Crippen LogP contribution in [0.5, 0.6) is 0 Å². The highest BCUT2D eigenvalue weighted by molar-refractivity contribution is 8.00. The number of rotatable bonds is 11. The van der Waals surface area contributed by atoms with Crippen LogP contribution in [-0.2, 0) is 28.9 Å². The SMILES string of the molecule is CC(=O)N1c2ccc(N(C)C)cc2Sc2cc(N(C)C)ccc21.CC(=O)N1c2ccc([N+](=O)[O-])cc2Sc2cc([N+](=O)[O-])ccc21.CN(C)c1ccc2c(c1)Sc1cc(N(C)C)ccc1C2.CN(C)c1ccc2c(c1)Sc1cc(N(C)C)ccc1C2.CN(C)c1ccc2nc3ccc(=[N+](C)C)cc-3sc2c1.Cl.O=[N+]([O-])c1ccc2c(c1)Sc1cc([N+](=O)[O-])ccc1C2. The lowest BCUT2D eigenvalue weighted by molar-refractivity contribution is -0.385. The first-order valence-electron chi connectivity index (χ1n) is 39.9. The van der Waals surface area contributed by atoms with Crippen molar-refractivity contribution in [3.05, 3.63) is 298 Å². The molecule has 0 spiro atoms. The molecule has 18 rings (SSSR count). The highest BCUT2D eigenvalue weighted by atomic mass is 35.5. The molecule has 0 radical (unpaired) electrons. The number of fused-ring (bicyclic) bond motifs is 12. The summed E-state index contributed by atoms with van der Waals surface area (Å²) in [4.78, 5) is 100. The number of aromatic nitrogens is 1. The van der Waals surface area contributed by atoms with Crippen LogP contribution in [-0.4, -0.2) is 149 Å². The van der Waals surface area contributed by atoms with E-state index in [-0.39, 0.29) is 47.0 Å². The van der Waals surface area contributed by atoms with Crippen molar-refractivity contribution in [1.82, 2.24) is 9.56 Å². The lowest BCUT2D eigenvalue weighted by Crippen LogP contribution is -2.26. The Kier molecular flexibility index (Phi) is 29.6. The Hall–Kier alpha value is -12.4. The number of amides is 2. The standard InChI is InChI=1S/C18H21N3OS.2C17H20N2S.C16H18N3S.C14H9N3O5S.C13H8N2O4S.ClH/c1-12(22)21-15-8-6-13(19(2)3)10-17(15)23-18-11-14(20(4)5)7-9-16(18)21;2*1-18(2)14-7-5-12-9-13-6-8-15(19(3)4)11-17(13)20-16(12)10-14;1-18(2)11-5-7-13-15(9-11)20-16-10-12(19(3)4)6-8-14(16)17-13;1-8(18)15-11-4-2-9(16(19)20)6-13(11)23-14-7-10(17(21)22)3-5-12(14)15;16-14(17)10-3-1-8-5-9-2-4-11(15(18)19)7-13(9)20-12(8)6-10;/h6-11H,1-5H3;2*5-8,10-11H,9H2,1-4H3;5-10H,1-4H3;2-7H,1H3;1-4,6-7H,5H2;1H/q;;;+1;;;. The number of carbonyl (C=O) groups is 2. The zero-order valence-electron chi connectivity index (χ0n) is 73.6. The number of nitrogens with zero attached hydrogens (tertiary/aromatic N) is 15. The van der Waals surface area contributed by atoms with Gasteiger partial charge in [-0.25, -0.2) is 9.56 Å². The maximum absolute atomic E-state index is 12.3. The van der Waals surface area contributed by atoms with Gasteiger partial charge in [-0.1, -0.05) is 95.2 Å². The zero-order valence-corrected chi connectivity index (χ0v) is 79.3. The number of nitro benzene ring substituents is 4. The highest BCUT2D eigenvalue weighted by Gasteiger charge is 2.32. The lowest BCUT2D eigenvalue weighted by Gasteiger charge is -2.32. The molecule has 0 N–H and O–H groups in total. The van der Waals surface area contributed by atoms with Gasteiger partial charge in [-0.2, -0.15) is 0 Å². The van der Waals surface area contributed by atoms with Gasteiger partial charge in [0.25, 0.3) is 22.7 Å². The van der Waals surface area contributed by atoms with Gasteiger partial charge in [0.15, 0.2) is 0 Å². The second-order valence-corrected chi connectivity index (χ2v) is 38.3. The Morgan fingerprint density at radius 1 is 0.315 bits per heavy atom. The normalized spacial score (nSPS) is 12.1. The minimum Gasteiger partial charge on any atom is -0.378 e. The van der Waals surface area contributed by atoms with E-state index >= 15 is 0 Å². The molecule has 654 valence electrons. The predicted octanol–water partition coefficient (Wildman–Crippen LogP) is 21.8. The average Bonchev–Trinajstić information content (AvgIpc) is 0.760. The van der Waals surface area contributed by atoms with Crippen LogP contribution in [0.15, 0.2) is 267 Å². The van der Waals surface area contributed by atoms with E-state index in [9.17, 15) is 50.0 Å². The van der Waals surface area contributed by atoms with Crippen molar-refractivity contribution in [1.29, 1.82) is 0 Å². The number of non-ortho nitro benzene ring substituents is 4. The molecule has 0 saturated carbocycles. The van der Waals surface area contributed by atoms with Crippen molar-refractivity contribution >= 4 is 190 Å². The molecule has 0 atom stereocenters. The Morgan fingerprint density at radius 2 is 0.559 bits per heavy atom. The molecule has 6 aliphatic heterocycles. The minimum absolute atomic E-state index is 0. The number of anilines is 11. The Morgan fingerprint density at radius 3 is 0.858 bits per heavy atom. The molecule has 32 heteroatoms. The Bertz CT molecular complexity index is 6090. The quantitative estimate of drug-likeness (QED) is 0.0505. The summed E-state index contributed by atoms with van der Waals surface area (Å²) >= 11 is 9.80. The van der Waals surface area contributed by atoms with Gasteiger partial charge in [-0.15, -0.1) is 23.7 Å². The summed E-state index contributed by atoms with van der Waals surface area (Å²) < 4.78 is 3.34. The molecule has 11 aromatic rings. The molecule has 0 unspecified atom stereocenters. The highest BCUT2D eigenvalue weighted by Crippen LogP contribution is 2.53. The maximum Gasteiger partial charge on any atom is 0.270 e. The van der Waals surface area contributed by atoms with E-state index in [1.54, 1.807) is 47.1 Å². The van der Waals surface area contributed by atoms with E-state index < -0.39 is 19.7 Å². The molecule has 25 nitrogen and oxygen atoms in total. The molecule has 6 heterocycles. The fraction of sp³-hybridized carbons (Fsp3) is 0.221. The number of hydrogen-bond acceptors (Lipinski definition) is 24. The summed E-state index contributed by atoms with van der Waals surface area (Å²) in [5, 5.41) is 44.6. The molecule has 0 bridgehead atoms. The number of benzene rings is 12. The van der Waals surface area contributed by atoms with Gasteiger partial charge in [-0.05, 0) is 174 Å². The van der Waals surface area contributed by atoms with Gasteiger partial charge in [0.2, 0.25) is 17.2 Å². The van der Waals surface area contributed by atoms with Gasteiger partial charge < -0.3 is 34.3 Å². The summed E-state index contributed by atoms with van der Waals surface area (Å²) in [5.74, 6) is -0.251. The number of carbonyl (C=O) groups excluding carboxylic acids is 2. The smallest absolute Gasteiger partial charge is 0.270 e. The van der Waals surface area contributed by atoms with Crippen LogP contribution in [0.2, 0.25) is 0 Å². The van der Waals surface area contributed by atoms with Crippen molar-refractivity contribution in [2.45, 2.75) is 82.1 Å². The van der Waals surface area contributed by atoms with E-state index in [1.807, 2.05) is 63.8 Å². The third kappa shape index (κ3) is 21.7. The average molecular weight is 1840 g/mol. The van der Waals surface area contributed by atoms with Gasteiger partial charge >= 0.3 is 0 Å². The summed E-state index contributed by atoms with van der Waals surface area (Å²) in [6.07, 6.45) is 2.71. The third-order valence-corrected chi connectivity index (χ3v) is 28.1. The van der Waals surface area contributed by atoms with Crippen LogP contribution in [0, 0.1) is 40.5 Å². The summed E-state index contributed by atoms with van der Waals surface area (Å²) in [5.41, 5.74) is 21.2. The van der Waals surface area contributed by atoms with Gasteiger partial charge in [0, 0.05) is 262 Å². The summed E-state index contributed by atoms with van der Waals surface area (Å²) in [6.45, 7) is 2.98. The van der Waals surface area contributed by atoms with E-state index in [0.29, 0.717) is 27.6 Å². The zero-order chi connectivity index (χ0) is 90.5. The summed E-state index contributed by atoms with van der Waals surface area (Å²) in [7, 11) is 33.1. The topological polar surface area (TPSA) is 252 Å². The van der Waals surface area contributed by atoms with Crippen molar-refractivity contribution in [3.8, 4) is 10.6 Å². The Labute approximate surface area is 770 Å². The van der Waals surface area contributed by atoms with E-state index in [2.05, 4.69) is 257 Å². The number of halogens is 1. The van der Waals surface area contributed by atoms with Gasteiger partial charge in [0.1, 0.15) is 14.1 Å². The largest absolute Gasteiger partial charge is 0.378 e. The Balaban J connectivity index is 0.000000138.